The van der Waals surface area contributed by atoms with Gasteiger partial charge in [-0.3, -0.25) is 19.9 Å². The Kier molecular flexibility index (Phi) is 9.96. The Morgan fingerprint density at radius 1 is 0.889 bits per heavy atom. The summed E-state index contributed by atoms with van der Waals surface area (Å²) >= 11 is 0. The maximum atomic E-state index is 14.0. The van der Waals surface area contributed by atoms with Gasteiger partial charge in [0.1, 0.15) is 13.2 Å². The third-order valence-corrected chi connectivity index (χ3v) is 6.99. The molecule has 1 heterocycles. The number of hydrogen-bond acceptors (Lipinski definition) is 7. The number of nitrogens with zero attached hydrogens (tertiary/aromatic N) is 2. The van der Waals surface area contributed by atoms with Crippen molar-refractivity contribution in [3.63, 3.8) is 0 Å². The van der Waals surface area contributed by atoms with Crippen LogP contribution in [-0.4, -0.2) is 61.9 Å². The molecule has 0 fully saturated rings. The van der Waals surface area contributed by atoms with E-state index in [9.17, 15) is 19.2 Å². The van der Waals surface area contributed by atoms with Gasteiger partial charge in [0, 0.05) is 29.1 Å². The Morgan fingerprint density at radius 3 is 2.44 bits per heavy atom. The second-order valence-electron chi connectivity index (χ2n) is 10.0. The molecular weight excluding hydrogens is 572 g/mol. The lowest BCUT2D eigenvalue weighted by Crippen LogP contribution is -2.46. The standard InChI is InChI=1S/C35H32N4O6/c1-2-44-32(41)20-11-21-36-31(40)22-39-30-19-9-8-17-27(30)33(25-13-4-3-5-14-25)37-29(34(39)42)23-45-35(43)38-28-18-10-15-24-12-6-7-16-26(24)28/h3-20,29H,2,21-23H2,1H3,(H,36,40)(H,38,43)/b20-11+/t29-/m1/s1. The number of fused-ring (bicyclic) bond motifs is 2. The molecular formula is C35H32N4O6. The van der Waals surface area contributed by atoms with Crippen molar-refractivity contribution in [1.29, 1.82) is 0 Å². The van der Waals surface area contributed by atoms with Gasteiger partial charge in [0.25, 0.3) is 5.91 Å². The number of nitrogens with one attached hydrogen (secondary N) is 2. The number of ether oxygens (including phenoxy) is 2. The van der Waals surface area contributed by atoms with E-state index >= 15 is 0 Å². The number of hydrogen-bond donors (Lipinski definition) is 2. The van der Waals surface area contributed by atoms with Crippen LogP contribution in [0.25, 0.3) is 10.8 Å². The SMILES string of the molecule is CCOC(=O)/C=C/CNC(=O)CN1C(=O)[C@@H](COC(=O)Nc2cccc3ccccc23)N=C(c2ccccc2)c2ccccc21. The van der Waals surface area contributed by atoms with E-state index in [0.717, 1.165) is 16.3 Å². The number of benzene rings is 4. The maximum Gasteiger partial charge on any atom is 0.411 e. The predicted octanol–water partition coefficient (Wildman–Crippen LogP) is 4.88. The highest BCUT2D eigenvalue weighted by Crippen LogP contribution is 2.29. The number of esters is 1. The molecule has 0 spiro atoms. The molecule has 228 valence electrons. The quantitative estimate of drug-likeness (QED) is 0.196. The highest BCUT2D eigenvalue weighted by atomic mass is 16.5. The van der Waals surface area contributed by atoms with Gasteiger partial charge in [-0.1, -0.05) is 91.0 Å². The average Bonchev–Trinajstić information content (AvgIpc) is 3.17. The number of benzodiazepines with no additional fused rings is 1. The van der Waals surface area contributed by atoms with E-state index in [4.69, 9.17) is 14.5 Å². The van der Waals surface area contributed by atoms with Gasteiger partial charge in [0.15, 0.2) is 6.04 Å². The van der Waals surface area contributed by atoms with Crippen LogP contribution in [0.2, 0.25) is 0 Å². The van der Waals surface area contributed by atoms with Gasteiger partial charge in [0.2, 0.25) is 5.91 Å². The molecule has 10 heteroatoms. The van der Waals surface area contributed by atoms with Crippen LogP contribution in [0.15, 0.2) is 114 Å². The number of carbonyl (C=O) groups is 4. The fraction of sp³-hybridized carbons (Fsp3) is 0.171. The van der Waals surface area contributed by atoms with E-state index in [1.807, 2.05) is 78.9 Å². The minimum atomic E-state index is -1.14. The molecule has 0 saturated heterocycles. The van der Waals surface area contributed by atoms with Crippen molar-refractivity contribution in [1.82, 2.24) is 5.32 Å². The van der Waals surface area contributed by atoms with Crippen molar-refractivity contribution in [2.75, 3.05) is 36.5 Å². The predicted molar refractivity (Wildman–Crippen MR) is 172 cm³/mol. The van der Waals surface area contributed by atoms with Gasteiger partial charge in [-0.2, -0.15) is 0 Å². The summed E-state index contributed by atoms with van der Waals surface area (Å²) in [5, 5.41) is 7.25. The first kappa shape index (κ1) is 30.7. The molecule has 1 aliphatic rings. The molecule has 0 aliphatic carbocycles. The maximum absolute atomic E-state index is 14.0. The molecule has 45 heavy (non-hydrogen) atoms. The van der Waals surface area contributed by atoms with Gasteiger partial charge in [0.05, 0.1) is 23.7 Å². The Hall–Kier alpha value is -5.77. The number of para-hydroxylation sites is 1. The highest BCUT2D eigenvalue weighted by Gasteiger charge is 2.34. The summed E-state index contributed by atoms with van der Waals surface area (Å²) < 4.78 is 10.4. The first-order valence-corrected chi connectivity index (χ1v) is 14.5. The molecule has 4 aromatic carbocycles. The second-order valence-corrected chi connectivity index (χ2v) is 10.0. The van der Waals surface area contributed by atoms with Crippen molar-refractivity contribution in [3.8, 4) is 0 Å². The number of rotatable bonds is 10. The lowest BCUT2D eigenvalue weighted by atomic mass is 10.0. The number of anilines is 2. The zero-order valence-corrected chi connectivity index (χ0v) is 24.6. The fourth-order valence-corrected chi connectivity index (χ4v) is 4.94. The molecule has 5 rings (SSSR count). The monoisotopic (exact) mass is 604 g/mol. The van der Waals surface area contributed by atoms with Crippen molar-refractivity contribution in [3.05, 3.63) is 120 Å². The van der Waals surface area contributed by atoms with Gasteiger partial charge in [-0.05, 0) is 24.4 Å². The van der Waals surface area contributed by atoms with Crippen molar-refractivity contribution in [2.24, 2.45) is 4.99 Å². The van der Waals surface area contributed by atoms with Crippen LogP contribution >= 0.6 is 0 Å². The van der Waals surface area contributed by atoms with Gasteiger partial charge >= 0.3 is 12.1 Å². The van der Waals surface area contributed by atoms with Crippen LogP contribution in [0.5, 0.6) is 0 Å². The van der Waals surface area contributed by atoms with Crippen LogP contribution in [0.3, 0.4) is 0 Å². The van der Waals surface area contributed by atoms with E-state index in [-0.39, 0.29) is 26.3 Å². The minimum Gasteiger partial charge on any atom is -0.463 e. The molecule has 0 unspecified atom stereocenters. The number of amides is 3. The topological polar surface area (TPSA) is 126 Å². The van der Waals surface area contributed by atoms with Crippen LogP contribution in [0.4, 0.5) is 16.2 Å². The Morgan fingerprint density at radius 2 is 1.62 bits per heavy atom. The zero-order chi connectivity index (χ0) is 31.6. The van der Waals surface area contributed by atoms with E-state index in [0.29, 0.717) is 22.6 Å². The summed E-state index contributed by atoms with van der Waals surface area (Å²) in [6.07, 6.45) is 1.96. The first-order chi connectivity index (χ1) is 21.9. The van der Waals surface area contributed by atoms with Gasteiger partial charge < -0.3 is 19.7 Å². The highest BCUT2D eigenvalue weighted by molar-refractivity contribution is 6.20. The summed E-state index contributed by atoms with van der Waals surface area (Å²) in [4.78, 5) is 57.6. The Labute approximate surface area is 260 Å². The van der Waals surface area contributed by atoms with Crippen molar-refractivity contribution in [2.45, 2.75) is 13.0 Å². The van der Waals surface area contributed by atoms with Gasteiger partial charge in [-0.25, -0.2) is 9.59 Å². The van der Waals surface area contributed by atoms with Crippen LogP contribution < -0.4 is 15.5 Å². The first-order valence-electron chi connectivity index (χ1n) is 14.5. The molecule has 3 amide bonds. The van der Waals surface area contributed by atoms with E-state index in [1.54, 1.807) is 25.1 Å². The van der Waals surface area contributed by atoms with Crippen LogP contribution in [-0.2, 0) is 23.9 Å². The molecule has 0 saturated carbocycles. The number of carbonyl (C=O) groups excluding carboxylic acids is 4. The summed E-state index contributed by atoms with van der Waals surface area (Å²) in [6.45, 7) is 1.33. The van der Waals surface area contributed by atoms with Gasteiger partial charge in [-0.15, -0.1) is 0 Å². The van der Waals surface area contributed by atoms with Crippen LogP contribution in [0, 0.1) is 0 Å². The summed E-state index contributed by atoms with van der Waals surface area (Å²) in [7, 11) is 0. The van der Waals surface area contributed by atoms with Crippen molar-refractivity contribution < 1.29 is 28.7 Å². The van der Waals surface area contributed by atoms with E-state index in [1.165, 1.54) is 17.1 Å². The lowest BCUT2D eigenvalue weighted by Gasteiger charge is -2.24. The van der Waals surface area contributed by atoms with Crippen molar-refractivity contribution >= 4 is 51.7 Å². The molecule has 0 radical (unpaired) electrons. The number of aliphatic imine (C=N–C) groups is 1. The molecule has 1 atom stereocenters. The fourth-order valence-electron chi connectivity index (χ4n) is 4.94. The second kappa shape index (κ2) is 14.6. The molecule has 1 aliphatic heterocycles. The molecule has 2 N–H and O–H groups in total. The average molecular weight is 605 g/mol. The lowest BCUT2D eigenvalue weighted by molar-refractivity contribution is -0.137. The summed E-state index contributed by atoms with van der Waals surface area (Å²) in [5.74, 6) is -1.48. The smallest absolute Gasteiger partial charge is 0.411 e. The molecule has 10 nitrogen and oxygen atoms in total. The zero-order valence-electron chi connectivity index (χ0n) is 24.6. The van der Waals surface area contributed by atoms with E-state index in [2.05, 4.69) is 10.6 Å². The van der Waals surface area contributed by atoms with E-state index < -0.39 is 29.9 Å². The molecule has 0 bridgehead atoms. The summed E-state index contributed by atoms with van der Waals surface area (Å²) in [6, 6.07) is 28.6. The minimum absolute atomic E-state index is 0.0635. The third kappa shape index (κ3) is 7.61. The Bertz CT molecular complexity index is 1760. The summed E-state index contributed by atoms with van der Waals surface area (Å²) in [5.41, 5.74) is 3.00. The molecule has 0 aromatic heterocycles. The van der Waals surface area contributed by atoms with Crippen LogP contribution in [0.1, 0.15) is 18.1 Å². The molecule has 4 aromatic rings. The Balaban J connectivity index is 1.38. The normalized spacial score (nSPS) is 14.3. The largest absolute Gasteiger partial charge is 0.463 e. The third-order valence-electron chi connectivity index (χ3n) is 6.99.